The zero-order valence-corrected chi connectivity index (χ0v) is 12.2. The van der Waals surface area contributed by atoms with E-state index < -0.39 is 17.9 Å². The second-order valence-electron chi connectivity index (χ2n) is 4.67. The number of methoxy groups -OCH3 is 1. The molecule has 7 heteroatoms. The van der Waals surface area contributed by atoms with Crippen LogP contribution in [0.2, 0.25) is 0 Å². The highest BCUT2D eigenvalue weighted by molar-refractivity contribution is 6.22. The zero-order chi connectivity index (χ0) is 16.2. The largest absolute Gasteiger partial charge is 0.493 e. The van der Waals surface area contributed by atoms with E-state index in [0.29, 0.717) is 17.1 Å². The quantitative estimate of drug-likeness (QED) is 0.849. The molecule has 0 saturated heterocycles. The van der Waals surface area contributed by atoms with Crippen molar-refractivity contribution in [1.29, 1.82) is 0 Å². The van der Waals surface area contributed by atoms with Crippen LogP contribution in [0.3, 0.4) is 0 Å². The number of ether oxygens (including phenoxy) is 2. The average Bonchev–Trinajstić information content (AvgIpc) is 2.59. The van der Waals surface area contributed by atoms with Gasteiger partial charge in [0.2, 0.25) is 0 Å². The molecule has 1 aliphatic heterocycles. The van der Waals surface area contributed by atoms with Gasteiger partial charge in [-0.25, -0.2) is 0 Å². The van der Waals surface area contributed by atoms with E-state index in [-0.39, 0.29) is 5.84 Å². The molecule has 0 bridgehead atoms. The van der Waals surface area contributed by atoms with Crippen molar-refractivity contribution < 1.29 is 19.1 Å². The number of hydrogen-bond donors (Lipinski definition) is 1. The molecule has 2 aromatic rings. The minimum atomic E-state index is -1.35. The molecule has 1 atom stereocenters. The fourth-order valence-corrected chi connectivity index (χ4v) is 2.08. The SMILES string of the molecule is COc1ccccc1OC1C(=O)N=C(c2ccncc2)NC1=O. The van der Waals surface area contributed by atoms with Crippen LogP contribution in [-0.2, 0) is 9.59 Å². The minimum absolute atomic E-state index is 0.183. The maximum absolute atomic E-state index is 12.2. The normalized spacial score (nSPS) is 17.3. The summed E-state index contributed by atoms with van der Waals surface area (Å²) in [5.74, 6) is -0.348. The number of pyridine rings is 1. The standard InChI is InChI=1S/C16H13N3O4/c1-22-11-4-2-3-5-12(11)23-13-15(20)18-14(19-16(13)21)10-6-8-17-9-7-10/h2-9,13H,1H3,(H,18,19,20,21). The Bertz CT molecular complexity index is 774. The summed E-state index contributed by atoms with van der Waals surface area (Å²) in [6.45, 7) is 0. The van der Waals surface area contributed by atoms with E-state index in [0.717, 1.165) is 0 Å². The van der Waals surface area contributed by atoms with Gasteiger partial charge in [-0.05, 0) is 24.3 Å². The van der Waals surface area contributed by atoms with Crippen LogP contribution in [0.4, 0.5) is 0 Å². The van der Waals surface area contributed by atoms with Crippen molar-refractivity contribution in [3.63, 3.8) is 0 Å². The van der Waals surface area contributed by atoms with Crippen LogP contribution in [0.25, 0.3) is 0 Å². The Morgan fingerprint density at radius 2 is 1.74 bits per heavy atom. The van der Waals surface area contributed by atoms with Crippen molar-refractivity contribution in [2.45, 2.75) is 6.10 Å². The number of amidine groups is 1. The van der Waals surface area contributed by atoms with Gasteiger partial charge in [-0.2, -0.15) is 4.99 Å². The third kappa shape index (κ3) is 3.03. The number of carbonyl (C=O) groups excluding carboxylic acids is 2. The van der Waals surface area contributed by atoms with Crippen molar-refractivity contribution in [2.75, 3.05) is 7.11 Å². The number of aliphatic imine (C=N–C) groups is 1. The van der Waals surface area contributed by atoms with Crippen LogP contribution >= 0.6 is 0 Å². The van der Waals surface area contributed by atoms with E-state index in [4.69, 9.17) is 9.47 Å². The number of aromatic nitrogens is 1. The van der Waals surface area contributed by atoms with E-state index in [1.165, 1.54) is 7.11 Å². The topological polar surface area (TPSA) is 89.9 Å². The molecule has 0 spiro atoms. The summed E-state index contributed by atoms with van der Waals surface area (Å²) in [4.78, 5) is 32.1. The first-order chi connectivity index (χ1) is 11.2. The number of amides is 2. The van der Waals surface area contributed by atoms with E-state index in [2.05, 4.69) is 15.3 Å². The van der Waals surface area contributed by atoms with Gasteiger partial charge in [0.1, 0.15) is 5.84 Å². The van der Waals surface area contributed by atoms with Gasteiger partial charge in [0.05, 0.1) is 7.11 Å². The Morgan fingerprint density at radius 3 is 2.39 bits per heavy atom. The number of hydrogen-bond acceptors (Lipinski definition) is 5. The van der Waals surface area contributed by atoms with E-state index in [9.17, 15) is 9.59 Å². The van der Waals surface area contributed by atoms with Crippen LogP contribution in [0, 0.1) is 0 Å². The molecule has 1 aromatic heterocycles. The Labute approximate surface area is 132 Å². The molecule has 23 heavy (non-hydrogen) atoms. The Morgan fingerprint density at radius 1 is 1.04 bits per heavy atom. The molecule has 1 aliphatic rings. The monoisotopic (exact) mass is 311 g/mol. The van der Waals surface area contributed by atoms with Crippen molar-refractivity contribution >= 4 is 17.6 Å². The number of carbonyl (C=O) groups is 2. The first-order valence-corrected chi connectivity index (χ1v) is 6.82. The maximum Gasteiger partial charge on any atom is 0.298 e. The maximum atomic E-state index is 12.2. The van der Waals surface area contributed by atoms with Gasteiger partial charge in [-0.1, -0.05) is 12.1 Å². The highest BCUT2D eigenvalue weighted by Crippen LogP contribution is 2.27. The van der Waals surface area contributed by atoms with Gasteiger partial charge in [-0.3, -0.25) is 14.6 Å². The van der Waals surface area contributed by atoms with Crippen molar-refractivity contribution in [3.05, 3.63) is 54.4 Å². The molecule has 0 saturated carbocycles. The van der Waals surface area contributed by atoms with Crippen LogP contribution in [0.1, 0.15) is 5.56 Å². The number of nitrogens with one attached hydrogen (secondary N) is 1. The molecule has 0 radical (unpaired) electrons. The van der Waals surface area contributed by atoms with Crippen LogP contribution in [0.15, 0.2) is 53.8 Å². The average molecular weight is 311 g/mol. The summed E-state index contributed by atoms with van der Waals surface area (Å²) in [5, 5.41) is 2.57. The molecule has 1 N–H and O–H groups in total. The summed E-state index contributed by atoms with van der Waals surface area (Å²) < 4.78 is 10.6. The predicted molar refractivity (Wildman–Crippen MR) is 81.3 cm³/mol. The van der Waals surface area contributed by atoms with Crippen molar-refractivity contribution in [3.8, 4) is 11.5 Å². The third-order valence-corrected chi connectivity index (χ3v) is 3.19. The van der Waals surface area contributed by atoms with Gasteiger partial charge in [0.25, 0.3) is 17.9 Å². The highest BCUT2D eigenvalue weighted by Gasteiger charge is 2.34. The smallest absolute Gasteiger partial charge is 0.298 e. The lowest BCUT2D eigenvalue weighted by molar-refractivity contribution is -0.137. The predicted octanol–water partition coefficient (Wildman–Crippen LogP) is 0.941. The van der Waals surface area contributed by atoms with Crippen LogP contribution < -0.4 is 14.8 Å². The fraction of sp³-hybridized carbons (Fsp3) is 0.125. The Balaban J connectivity index is 1.84. The second kappa shape index (κ2) is 6.27. The lowest BCUT2D eigenvalue weighted by Crippen LogP contribution is -2.50. The lowest BCUT2D eigenvalue weighted by atomic mass is 10.2. The van der Waals surface area contributed by atoms with Gasteiger partial charge in [-0.15, -0.1) is 0 Å². The van der Waals surface area contributed by atoms with Gasteiger partial charge >= 0.3 is 0 Å². The Hall–Kier alpha value is -3.22. The number of nitrogens with zero attached hydrogens (tertiary/aromatic N) is 2. The summed E-state index contributed by atoms with van der Waals surface area (Å²) in [6, 6.07) is 10.1. The molecular weight excluding hydrogens is 298 g/mol. The van der Waals surface area contributed by atoms with E-state index in [1.807, 2.05) is 0 Å². The fourth-order valence-electron chi connectivity index (χ4n) is 2.08. The summed E-state index contributed by atoms with van der Waals surface area (Å²) in [7, 11) is 1.48. The van der Waals surface area contributed by atoms with Gasteiger partial charge < -0.3 is 14.8 Å². The minimum Gasteiger partial charge on any atom is -0.493 e. The first kappa shape index (κ1) is 14.7. The molecule has 1 unspecified atom stereocenters. The lowest BCUT2D eigenvalue weighted by Gasteiger charge is -2.21. The molecule has 0 fully saturated rings. The van der Waals surface area contributed by atoms with E-state index in [1.54, 1.807) is 48.8 Å². The van der Waals surface area contributed by atoms with Crippen molar-refractivity contribution in [1.82, 2.24) is 10.3 Å². The van der Waals surface area contributed by atoms with E-state index >= 15 is 0 Å². The first-order valence-electron chi connectivity index (χ1n) is 6.82. The third-order valence-electron chi connectivity index (χ3n) is 3.19. The molecule has 3 rings (SSSR count). The molecule has 7 nitrogen and oxygen atoms in total. The van der Waals surface area contributed by atoms with Crippen molar-refractivity contribution in [2.24, 2.45) is 4.99 Å². The summed E-state index contributed by atoms with van der Waals surface area (Å²) in [6.07, 6.45) is 1.74. The second-order valence-corrected chi connectivity index (χ2v) is 4.67. The molecule has 116 valence electrons. The molecular formula is C16H13N3O4. The molecule has 0 aliphatic carbocycles. The van der Waals surface area contributed by atoms with Crippen LogP contribution in [0.5, 0.6) is 11.5 Å². The highest BCUT2D eigenvalue weighted by atomic mass is 16.5. The van der Waals surface area contributed by atoms with Crippen LogP contribution in [-0.4, -0.2) is 35.8 Å². The number of benzene rings is 1. The summed E-state index contributed by atoms with van der Waals surface area (Å²) in [5.41, 5.74) is 0.595. The zero-order valence-electron chi connectivity index (χ0n) is 12.2. The molecule has 2 amide bonds. The number of rotatable bonds is 4. The van der Waals surface area contributed by atoms with Gasteiger partial charge in [0.15, 0.2) is 11.5 Å². The molecule has 1 aromatic carbocycles. The number of para-hydroxylation sites is 2. The molecule has 2 heterocycles. The summed E-state index contributed by atoms with van der Waals surface area (Å²) >= 11 is 0. The Kier molecular flexibility index (Phi) is 4.01. The van der Waals surface area contributed by atoms with Gasteiger partial charge in [0, 0.05) is 18.0 Å².